The summed E-state index contributed by atoms with van der Waals surface area (Å²) in [4.78, 5) is 10.0. The largest absolute Gasteiger partial charge is 0.478 e. The van der Waals surface area contributed by atoms with Crippen LogP contribution < -0.4 is 0 Å². The van der Waals surface area contributed by atoms with Gasteiger partial charge in [0.15, 0.2) is 23.3 Å². The van der Waals surface area contributed by atoms with E-state index in [-0.39, 0.29) is 0 Å². The minimum atomic E-state index is -1.97. The molecule has 0 heterocycles. The van der Waals surface area contributed by atoms with Crippen LogP contribution in [0.5, 0.6) is 0 Å². The zero-order valence-corrected chi connectivity index (χ0v) is 7.10. The molecule has 0 aromatic heterocycles. The highest BCUT2D eigenvalue weighted by Gasteiger charge is 2.17. The van der Waals surface area contributed by atoms with Crippen LogP contribution in [-0.2, 0) is 4.79 Å². The minimum Gasteiger partial charge on any atom is -0.478 e. The van der Waals surface area contributed by atoms with Crippen LogP contribution >= 0.6 is 0 Å². The third-order valence-corrected chi connectivity index (χ3v) is 1.54. The predicted molar refractivity (Wildman–Crippen MR) is 42.9 cm³/mol. The average molecular weight is 220 g/mol. The number of halogens is 4. The molecule has 0 amide bonds. The number of carboxylic acid groups (broad SMARTS) is 1. The van der Waals surface area contributed by atoms with Gasteiger partial charge in [-0.1, -0.05) is 0 Å². The highest BCUT2D eigenvalue weighted by Crippen LogP contribution is 2.19. The first-order valence-electron chi connectivity index (χ1n) is 3.67. The first-order chi connectivity index (χ1) is 6.93. The van der Waals surface area contributed by atoms with E-state index in [9.17, 15) is 22.4 Å². The molecule has 0 atom stereocenters. The Morgan fingerprint density at radius 3 is 2.27 bits per heavy atom. The van der Waals surface area contributed by atoms with Crippen LogP contribution in [-0.4, -0.2) is 11.1 Å². The Kier molecular flexibility index (Phi) is 3.08. The van der Waals surface area contributed by atoms with Crippen molar-refractivity contribution in [2.45, 2.75) is 0 Å². The van der Waals surface area contributed by atoms with Gasteiger partial charge < -0.3 is 5.11 Å². The second-order valence-electron chi connectivity index (χ2n) is 2.56. The summed E-state index contributed by atoms with van der Waals surface area (Å²) < 4.78 is 50.5. The molecule has 0 spiro atoms. The predicted octanol–water partition coefficient (Wildman–Crippen LogP) is 2.34. The monoisotopic (exact) mass is 220 g/mol. The topological polar surface area (TPSA) is 37.3 Å². The molecule has 0 saturated heterocycles. The number of hydrogen-bond donors (Lipinski definition) is 1. The third kappa shape index (κ3) is 2.34. The molecule has 1 aromatic rings. The maximum absolute atomic E-state index is 12.9. The number of rotatable bonds is 2. The molecule has 2 nitrogen and oxygen atoms in total. The van der Waals surface area contributed by atoms with Gasteiger partial charge >= 0.3 is 5.97 Å². The standard InChI is InChI=1S/C9H4F4O2/c10-5-3-4(1-2-6(14)15)7(11)9(13)8(5)12/h1-3H,(H,14,15). The molecule has 0 saturated carbocycles. The molecular formula is C9H4F4O2. The van der Waals surface area contributed by atoms with Gasteiger partial charge in [0, 0.05) is 11.6 Å². The van der Waals surface area contributed by atoms with Gasteiger partial charge in [0.25, 0.3) is 0 Å². The van der Waals surface area contributed by atoms with Crippen molar-refractivity contribution in [3.8, 4) is 0 Å². The molecule has 0 bridgehead atoms. The lowest BCUT2D eigenvalue weighted by molar-refractivity contribution is -0.131. The van der Waals surface area contributed by atoms with Gasteiger partial charge in [0.05, 0.1) is 0 Å². The summed E-state index contributed by atoms with van der Waals surface area (Å²) in [5.74, 6) is -8.54. The van der Waals surface area contributed by atoms with Gasteiger partial charge in [-0.25, -0.2) is 22.4 Å². The van der Waals surface area contributed by atoms with E-state index >= 15 is 0 Å². The molecule has 15 heavy (non-hydrogen) atoms. The Hall–Kier alpha value is -1.85. The van der Waals surface area contributed by atoms with Gasteiger partial charge in [0.2, 0.25) is 0 Å². The van der Waals surface area contributed by atoms with E-state index in [4.69, 9.17) is 5.11 Å². The Labute approximate surface area is 81.5 Å². The molecule has 0 radical (unpaired) electrons. The van der Waals surface area contributed by atoms with Crippen molar-refractivity contribution in [2.24, 2.45) is 0 Å². The normalized spacial score (nSPS) is 10.9. The second kappa shape index (κ2) is 4.12. The minimum absolute atomic E-state index is 0.368. The fraction of sp³-hybridized carbons (Fsp3) is 0. The molecule has 1 rings (SSSR count). The Morgan fingerprint density at radius 2 is 1.73 bits per heavy atom. The van der Waals surface area contributed by atoms with E-state index in [1.54, 1.807) is 0 Å². The van der Waals surface area contributed by atoms with Crippen LogP contribution in [0.4, 0.5) is 17.6 Å². The zero-order chi connectivity index (χ0) is 11.6. The molecule has 0 fully saturated rings. The highest BCUT2D eigenvalue weighted by atomic mass is 19.2. The molecule has 0 aliphatic carbocycles. The zero-order valence-electron chi connectivity index (χ0n) is 7.10. The van der Waals surface area contributed by atoms with Crippen molar-refractivity contribution in [1.29, 1.82) is 0 Å². The molecule has 0 aliphatic heterocycles. The molecule has 1 aromatic carbocycles. The number of carboxylic acids is 1. The Bertz CT molecular complexity index is 440. The quantitative estimate of drug-likeness (QED) is 0.359. The van der Waals surface area contributed by atoms with Crippen LogP contribution in [0.2, 0.25) is 0 Å². The molecule has 0 unspecified atom stereocenters. The van der Waals surface area contributed by atoms with Crippen LogP contribution in [0.15, 0.2) is 12.1 Å². The average Bonchev–Trinajstić information content (AvgIpc) is 2.18. The van der Waals surface area contributed by atoms with E-state index in [1.165, 1.54) is 0 Å². The van der Waals surface area contributed by atoms with Crippen LogP contribution in [0.1, 0.15) is 5.56 Å². The highest BCUT2D eigenvalue weighted by molar-refractivity contribution is 5.85. The van der Waals surface area contributed by atoms with E-state index < -0.39 is 34.8 Å². The number of benzene rings is 1. The SMILES string of the molecule is O=C(O)C=Cc1cc(F)c(F)c(F)c1F. The van der Waals surface area contributed by atoms with Crippen molar-refractivity contribution < 1.29 is 27.5 Å². The first kappa shape index (κ1) is 11.2. The summed E-state index contributed by atoms with van der Waals surface area (Å²) in [6, 6.07) is 0.368. The van der Waals surface area contributed by atoms with E-state index in [0.29, 0.717) is 18.2 Å². The van der Waals surface area contributed by atoms with Crippen molar-refractivity contribution in [3.05, 3.63) is 41.0 Å². The van der Waals surface area contributed by atoms with E-state index in [1.807, 2.05) is 0 Å². The molecular weight excluding hydrogens is 216 g/mol. The number of aliphatic carboxylic acids is 1. The summed E-state index contributed by atoms with van der Waals surface area (Å²) in [5.41, 5.74) is -0.672. The van der Waals surface area contributed by atoms with Gasteiger partial charge in [0.1, 0.15) is 0 Å². The Balaban J connectivity index is 3.26. The molecule has 0 aliphatic rings. The van der Waals surface area contributed by atoms with Crippen molar-refractivity contribution in [3.63, 3.8) is 0 Å². The molecule has 6 heteroatoms. The smallest absolute Gasteiger partial charge is 0.328 e. The van der Waals surface area contributed by atoms with Crippen molar-refractivity contribution in [2.75, 3.05) is 0 Å². The van der Waals surface area contributed by atoms with Crippen LogP contribution in [0.25, 0.3) is 6.08 Å². The van der Waals surface area contributed by atoms with Crippen molar-refractivity contribution >= 4 is 12.0 Å². The lowest BCUT2D eigenvalue weighted by Crippen LogP contribution is -1.98. The first-order valence-corrected chi connectivity index (χ1v) is 3.67. The van der Waals surface area contributed by atoms with E-state index in [0.717, 1.165) is 0 Å². The Morgan fingerprint density at radius 1 is 1.13 bits per heavy atom. The lowest BCUT2D eigenvalue weighted by atomic mass is 10.1. The van der Waals surface area contributed by atoms with Crippen LogP contribution in [0, 0.1) is 23.3 Å². The fourth-order valence-corrected chi connectivity index (χ4v) is 0.874. The van der Waals surface area contributed by atoms with Gasteiger partial charge in [-0.3, -0.25) is 0 Å². The molecule has 80 valence electrons. The van der Waals surface area contributed by atoms with E-state index in [2.05, 4.69) is 0 Å². The maximum atomic E-state index is 12.9. The van der Waals surface area contributed by atoms with Gasteiger partial charge in [-0.2, -0.15) is 0 Å². The van der Waals surface area contributed by atoms with Crippen molar-refractivity contribution in [1.82, 2.24) is 0 Å². The summed E-state index contributed by atoms with van der Waals surface area (Å²) in [6.07, 6.45) is 1.11. The number of hydrogen-bond acceptors (Lipinski definition) is 1. The second-order valence-corrected chi connectivity index (χ2v) is 2.56. The maximum Gasteiger partial charge on any atom is 0.328 e. The molecule has 1 N–H and O–H groups in total. The third-order valence-electron chi connectivity index (χ3n) is 1.54. The summed E-state index contributed by atoms with van der Waals surface area (Å²) in [5, 5.41) is 8.19. The van der Waals surface area contributed by atoms with Crippen LogP contribution in [0.3, 0.4) is 0 Å². The fourth-order valence-electron chi connectivity index (χ4n) is 0.874. The summed E-state index contributed by atoms with van der Waals surface area (Å²) >= 11 is 0. The van der Waals surface area contributed by atoms with Gasteiger partial charge in [-0.05, 0) is 12.1 Å². The number of carbonyl (C=O) groups is 1. The summed E-state index contributed by atoms with van der Waals surface area (Å²) in [6.45, 7) is 0. The lowest BCUT2D eigenvalue weighted by Gasteiger charge is -2.00. The van der Waals surface area contributed by atoms with Gasteiger partial charge in [-0.15, -0.1) is 0 Å². The summed E-state index contributed by atoms with van der Waals surface area (Å²) in [7, 11) is 0.